The number of pyridine rings is 1. The predicted molar refractivity (Wildman–Crippen MR) is 57.3 cm³/mol. The average Bonchev–Trinajstić information content (AvgIpc) is 2.62. The van der Waals surface area contributed by atoms with Crippen molar-refractivity contribution in [3.63, 3.8) is 0 Å². The monoisotopic (exact) mass is 205 g/mol. The second-order valence-corrected chi connectivity index (χ2v) is 4.33. The first-order chi connectivity index (χ1) is 7.09. The van der Waals surface area contributed by atoms with Crippen molar-refractivity contribution in [1.29, 1.82) is 0 Å². The maximum absolute atomic E-state index is 11.1. The van der Waals surface area contributed by atoms with Gasteiger partial charge in [0.15, 0.2) is 0 Å². The second kappa shape index (κ2) is 3.65. The van der Waals surface area contributed by atoms with E-state index in [1.54, 1.807) is 6.07 Å². The summed E-state index contributed by atoms with van der Waals surface area (Å²) >= 11 is 0. The lowest BCUT2D eigenvalue weighted by atomic mass is 10.0. The zero-order valence-corrected chi connectivity index (χ0v) is 9.08. The number of rotatable bonds is 2. The summed E-state index contributed by atoms with van der Waals surface area (Å²) in [7, 11) is 0. The SMILES string of the molecule is CC(C)c1cc(C(=O)O)c2c(n1)CCC2. The van der Waals surface area contributed by atoms with Crippen LogP contribution in [-0.2, 0) is 12.8 Å². The van der Waals surface area contributed by atoms with Gasteiger partial charge in [0.25, 0.3) is 0 Å². The molecule has 0 bridgehead atoms. The van der Waals surface area contributed by atoms with Gasteiger partial charge < -0.3 is 5.11 Å². The standard InChI is InChI=1S/C12H15NO2/c1-7(2)11-6-9(12(14)15)8-4-3-5-10(8)13-11/h6-7H,3-5H2,1-2H3,(H,14,15). The fraction of sp³-hybridized carbons (Fsp3) is 0.500. The number of aromatic nitrogens is 1. The molecule has 0 unspecified atom stereocenters. The van der Waals surface area contributed by atoms with Gasteiger partial charge in [-0.05, 0) is 36.8 Å². The summed E-state index contributed by atoms with van der Waals surface area (Å²) in [5, 5.41) is 9.13. The van der Waals surface area contributed by atoms with Crippen LogP contribution >= 0.6 is 0 Å². The largest absolute Gasteiger partial charge is 0.478 e. The molecule has 0 aromatic carbocycles. The predicted octanol–water partition coefficient (Wildman–Crippen LogP) is 2.39. The van der Waals surface area contributed by atoms with Gasteiger partial charge in [-0.15, -0.1) is 0 Å². The Hall–Kier alpha value is -1.38. The van der Waals surface area contributed by atoms with Crippen molar-refractivity contribution in [3.8, 4) is 0 Å². The molecule has 0 fully saturated rings. The van der Waals surface area contributed by atoms with Gasteiger partial charge in [0.1, 0.15) is 0 Å². The summed E-state index contributed by atoms with van der Waals surface area (Å²) in [5.41, 5.74) is 3.31. The highest BCUT2D eigenvalue weighted by Crippen LogP contribution is 2.26. The van der Waals surface area contributed by atoms with Crippen LogP contribution in [0.25, 0.3) is 0 Å². The van der Waals surface area contributed by atoms with Gasteiger partial charge in [-0.2, -0.15) is 0 Å². The first-order valence-electron chi connectivity index (χ1n) is 5.35. The van der Waals surface area contributed by atoms with Gasteiger partial charge in [-0.1, -0.05) is 13.8 Å². The van der Waals surface area contributed by atoms with E-state index in [0.29, 0.717) is 5.56 Å². The van der Waals surface area contributed by atoms with Gasteiger partial charge in [-0.3, -0.25) is 4.98 Å². The molecule has 1 aromatic heterocycles. The fourth-order valence-corrected chi connectivity index (χ4v) is 2.05. The molecule has 0 saturated heterocycles. The number of carboxylic acids is 1. The summed E-state index contributed by atoms with van der Waals surface area (Å²) in [6.07, 6.45) is 2.82. The van der Waals surface area contributed by atoms with E-state index in [1.165, 1.54) is 0 Å². The third-order valence-electron chi connectivity index (χ3n) is 2.89. The molecule has 1 heterocycles. The fourth-order valence-electron chi connectivity index (χ4n) is 2.05. The number of carboxylic acid groups (broad SMARTS) is 1. The van der Waals surface area contributed by atoms with Crippen molar-refractivity contribution >= 4 is 5.97 Å². The molecular formula is C12H15NO2. The lowest BCUT2D eigenvalue weighted by Crippen LogP contribution is -2.07. The van der Waals surface area contributed by atoms with E-state index in [0.717, 1.165) is 36.2 Å². The second-order valence-electron chi connectivity index (χ2n) is 4.33. The van der Waals surface area contributed by atoms with Crippen molar-refractivity contribution in [2.45, 2.75) is 39.0 Å². The Balaban J connectivity index is 2.57. The quantitative estimate of drug-likeness (QED) is 0.806. The molecule has 0 amide bonds. The van der Waals surface area contributed by atoms with E-state index >= 15 is 0 Å². The minimum absolute atomic E-state index is 0.286. The molecule has 0 saturated carbocycles. The number of fused-ring (bicyclic) bond motifs is 1. The van der Waals surface area contributed by atoms with Gasteiger partial charge in [0.2, 0.25) is 0 Å². The van der Waals surface area contributed by atoms with Crippen LogP contribution < -0.4 is 0 Å². The molecule has 3 heteroatoms. The zero-order chi connectivity index (χ0) is 11.0. The number of nitrogens with zero attached hydrogens (tertiary/aromatic N) is 1. The Kier molecular flexibility index (Phi) is 2.47. The molecule has 0 radical (unpaired) electrons. The summed E-state index contributed by atoms with van der Waals surface area (Å²) in [5.74, 6) is -0.536. The molecule has 1 aliphatic carbocycles. The molecule has 3 nitrogen and oxygen atoms in total. The van der Waals surface area contributed by atoms with Crippen LogP contribution in [0.3, 0.4) is 0 Å². The topological polar surface area (TPSA) is 50.2 Å². The van der Waals surface area contributed by atoms with Crippen molar-refractivity contribution in [2.24, 2.45) is 0 Å². The van der Waals surface area contributed by atoms with Crippen molar-refractivity contribution in [1.82, 2.24) is 4.98 Å². The minimum atomic E-state index is -0.822. The number of hydrogen-bond donors (Lipinski definition) is 1. The van der Waals surface area contributed by atoms with Crippen molar-refractivity contribution in [2.75, 3.05) is 0 Å². The van der Waals surface area contributed by atoms with Gasteiger partial charge in [0, 0.05) is 11.4 Å². The highest BCUT2D eigenvalue weighted by molar-refractivity contribution is 5.90. The summed E-state index contributed by atoms with van der Waals surface area (Å²) in [6.45, 7) is 4.07. The van der Waals surface area contributed by atoms with Crippen LogP contribution in [0.15, 0.2) is 6.07 Å². The van der Waals surface area contributed by atoms with E-state index < -0.39 is 5.97 Å². The Labute approximate surface area is 89.2 Å². The van der Waals surface area contributed by atoms with E-state index in [2.05, 4.69) is 4.98 Å². The molecule has 2 rings (SSSR count). The number of aromatic carboxylic acids is 1. The van der Waals surface area contributed by atoms with Crippen molar-refractivity contribution < 1.29 is 9.90 Å². The maximum Gasteiger partial charge on any atom is 0.336 e. The first kappa shape index (κ1) is 10.1. The van der Waals surface area contributed by atoms with Crippen molar-refractivity contribution in [3.05, 3.63) is 28.6 Å². The molecule has 1 N–H and O–H groups in total. The highest BCUT2D eigenvalue weighted by atomic mass is 16.4. The first-order valence-corrected chi connectivity index (χ1v) is 5.35. The van der Waals surface area contributed by atoms with Crippen LogP contribution in [0.1, 0.15) is 53.5 Å². The van der Waals surface area contributed by atoms with Crippen LogP contribution in [0.4, 0.5) is 0 Å². The molecule has 1 aromatic rings. The number of carbonyl (C=O) groups is 1. The van der Waals surface area contributed by atoms with E-state index in [-0.39, 0.29) is 5.92 Å². The third-order valence-corrected chi connectivity index (χ3v) is 2.89. The van der Waals surface area contributed by atoms with Crippen LogP contribution in [0.2, 0.25) is 0 Å². The third kappa shape index (κ3) is 1.74. The average molecular weight is 205 g/mol. The van der Waals surface area contributed by atoms with E-state index in [9.17, 15) is 4.79 Å². The lowest BCUT2D eigenvalue weighted by Gasteiger charge is -2.10. The molecule has 1 aliphatic rings. The molecule has 0 spiro atoms. The molecular weight excluding hydrogens is 190 g/mol. The Morgan fingerprint density at radius 3 is 2.80 bits per heavy atom. The number of aryl methyl sites for hydroxylation is 1. The van der Waals surface area contributed by atoms with Gasteiger partial charge in [-0.25, -0.2) is 4.79 Å². The molecule has 15 heavy (non-hydrogen) atoms. The highest BCUT2D eigenvalue weighted by Gasteiger charge is 2.21. The van der Waals surface area contributed by atoms with E-state index in [1.807, 2.05) is 13.8 Å². The Morgan fingerprint density at radius 1 is 1.47 bits per heavy atom. The van der Waals surface area contributed by atoms with Crippen LogP contribution in [0.5, 0.6) is 0 Å². The zero-order valence-electron chi connectivity index (χ0n) is 9.08. The van der Waals surface area contributed by atoms with Gasteiger partial charge >= 0.3 is 5.97 Å². The summed E-state index contributed by atoms with van der Waals surface area (Å²) in [6, 6.07) is 1.73. The number of hydrogen-bond acceptors (Lipinski definition) is 2. The van der Waals surface area contributed by atoms with Crippen LogP contribution in [-0.4, -0.2) is 16.1 Å². The normalized spacial score (nSPS) is 14.3. The smallest absolute Gasteiger partial charge is 0.336 e. The van der Waals surface area contributed by atoms with E-state index in [4.69, 9.17) is 5.11 Å². The molecule has 80 valence electrons. The molecule has 0 aliphatic heterocycles. The minimum Gasteiger partial charge on any atom is -0.478 e. The van der Waals surface area contributed by atoms with Crippen LogP contribution in [0, 0.1) is 0 Å². The summed E-state index contributed by atoms with van der Waals surface area (Å²) < 4.78 is 0. The molecule has 0 atom stereocenters. The summed E-state index contributed by atoms with van der Waals surface area (Å²) in [4.78, 5) is 15.6. The van der Waals surface area contributed by atoms with Gasteiger partial charge in [0.05, 0.1) is 5.56 Å². The lowest BCUT2D eigenvalue weighted by molar-refractivity contribution is 0.0695. The Bertz CT molecular complexity index is 410. The Morgan fingerprint density at radius 2 is 2.20 bits per heavy atom. The maximum atomic E-state index is 11.1.